The minimum Gasteiger partial charge on any atom is -0.492 e. The van der Waals surface area contributed by atoms with Gasteiger partial charge in [0.2, 0.25) is 21.8 Å². The summed E-state index contributed by atoms with van der Waals surface area (Å²) >= 11 is 6.03. The van der Waals surface area contributed by atoms with Crippen molar-refractivity contribution >= 4 is 39.1 Å². The first kappa shape index (κ1) is 31.4. The van der Waals surface area contributed by atoms with E-state index < -0.39 is 21.6 Å². The van der Waals surface area contributed by atoms with Gasteiger partial charge < -0.3 is 15.0 Å². The maximum absolute atomic E-state index is 13.5. The van der Waals surface area contributed by atoms with Crippen LogP contribution in [0.1, 0.15) is 59.4 Å². The van der Waals surface area contributed by atoms with E-state index in [-0.39, 0.29) is 37.7 Å². The van der Waals surface area contributed by atoms with Gasteiger partial charge >= 0.3 is 0 Å². The van der Waals surface area contributed by atoms with Crippen LogP contribution in [0.15, 0.2) is 48.5 Å². The quantitative estimate of drug-likeness (QED) is 0.368. The van der Waals surface area contributed by atoms with E-state index in [1.807, 2.05) is 46.8 Å². The maximum Gasteiger partial charge on any atom is 0.243 e. The zero-order valence-corrected chi connectivity index (χ0v) is 24.7. The van der Waals surface area contributed by atoms with E-state index in [0.717, 1.165) is 11.8 Å². The molecule has 0 saturated carbocycles. The molecular formula is C28H40ClN3O5S. The topological polar surface area (TPSA) is 96.0 Å². The third kappa shape index (κ3) is 9.51. The van der Waals surface area contributed by atoms with Crippen molar-refractivity contribution in [3.63, 3.8) is 0 Å². The second-order valence-corrected chi connectivity index (χ2v) is 12.5. The van der Waals surface area contributed by atoms with E-state index >= 15 is 0 Å². The standard InChI is InChI=1S/C28H40ClN3O5S/c1-7-23(27(34)30-28(3,4)5)31(20-21-15-17-22(29)18-16-21)26(33)14-11-19-32(38(6,35)36)24-12-9-10-13-25(24)37-8-2/h9-10,12-13,15-18,23H,7-8,11,14,19-20H2,1-6H3,(H,30,34)/t23-/m1/s1. The van der Waals surface area contributed by atoms with Gasteiger partial charge in [-0.3, -0.25) is 13.9 Å². The molecule has 2 amide bonds. The monoisotopic (exact) mass is 565 g/mol. The number of carbonyl (C=O) groups excluding carboxylic acids is 2. The third-order valence-electron chi connectivity index (χ3n) is 5.74. The number of nitrogens with zero attached hydrogens (tertiary/aromatic N) is 2. The highest BCUT2D eigenvalue weighted by Crippen LogP contribution is 2.30. The van der Waals surface area contributed by atoms with Crippen molar-refractivity contribution in [3.8, 4) is 5.75 Å². The molecule has 0 fully saturated rings. The number of anilines is 1. The van der Waals surface area contributed by atoms with E-state index in [2.05, 4.69) is 5.32 Å². The van der Waals surface area contributed by atoms with Crippen LogP contribution in [0.5, 0.6) is 5.75 Å². The van der Waals surface area contributed by atoms with Gasteiger partial charge in [0.1, 0.15) is 11.8 Å². The zero-order valence-electron chi connectivity index (χ0n) is 23.2. The van der Waals surface area contributed by atoms with Crippen molar-refractivity contribution in [1.82, 2.24) is 10.2 Å². The van der Waals surface area contributed by atoms with Crippen LogP contribution in [0.2, 0.25) is 5.02 Å². The molecule has 2 aromatic rings. The maximum atomic E-state index is 13.5. The number of benzene rings is 2. The van der Waals surface area contributed by atoms with Gasteiger partial charge in [-0.2, -0.15) is 0 Å². The highest BCUT2D eigenvalue weighted by atomic mass is 35.5. The van der Waals surface area contributed by atoms with Crippen molar-refractivity contribution in [2.45, 2.75) is 72.0 Å². The predicted octanol–water partition coefficient (Wildman–Crippen LogP) is 5.01. The van der Waals surface area contributed by atoms with E-state index in [9.17, 15) is 18.0 Å². The Morgan fingerprint density at radius 3 is 2.24 bits per heavy atom. The molecule has 0 spiro atoms. The Morgan fingerprint density at radius 2 is 1.68 bits per heavy atom. The Hall–Kier alpha value is -2.78. The van der Waals surface area contributed by atoms with Crippen LogP contribution in [0.3, 0.4) is 0 Å². The van der Waals surface area contributed by atoms with Crippen molar-refractivity contribution in [1.29, 1.82) is 0 Å². The van der Waals surface area contributed by atoms with Gasteiger partial charge in [-0.1, -0.05) is 42.8 Å². The summed E-state index contributed by atoms with van der Waals surface area (Å²) in [6.45, 7) is 10.1. The Balaban J connectivity index is 2.27. The fourth-order valence-electron chi connectivity index (χ4n) is 4.08. The number of hydrogen-bond acceptors (Lipinski definition) is 5. The molecule has 0 aliphatic heterocycles. The molecule has 0 unspecified atom stereocenters. The molecule has 0 radical (unpaired) electrons. The summed E-state index contributed by atoms with van der Waals surface area (Å²) in [5.74, 6) is -0.00543. The normalized spacial score (nSPS) is 12.5. The summed E-state index contributed by atoms with van der Waals surface area (Å²) < 4.78 is 32.2. The molecule has 10 heteroatoms. The van der Waals surface area contributed by atoms with Gasteiger partial charge in [-0.05, 0) is 70.4 Å². The van der Waals surface area contributed by atoms with Crippen LogP contribution in [0, 0.1) is 0 Å². The molecule has 0 aliphatic carbocycles. The number of carbonyl (C=O) groups is 2. The lowest BCUT2D eigenvalue weighted by atomic mass is 10.0. The molecule has 2 rings (SSSR count). The van der Waals surface area contributed by atoms with Crippen LogP contribution < -0.4 is 14.4 Å². The first-order chi connectivity index (χ1) is 17.8. The largest absolute Gasteiger partial charge is 0.492 e. The minimum atomic E-state index is -3.63. The molecule has 38 heavy (non-hydrogen) atoms. The first-order valence-corrected chi connectivity index (χ1v) is 15.0. The zero-order chi connectivity index (χ0) is 28.5. The first-order valence-electron chi connectivity index (χ1n) is 12.8. The average molecular weight is 566 g/mol. The van der Waals surface area contributed by atoms with Crippen LogP contribution in [-0.2, 0) is 26.2 Å². The second kappa shape index (κ2) is 13.8. The third-order valence-corrected chi connectivity index (χ3v) is 7.17. The van der Waals surface area contributed by atoms with Crippen LogP contribution in [0.25, 0.3) is 0 Å². The molecule has 0 aliphatic rings. The molecule has 0 bridgehead atoms. The van der Waals surface area contributed by atoms with Crippen molar-refractivity contribution in [3.05, 3.63) is 59.1 Å². The lowest BCUT2D eigenvalue weighted by molar-refractivity contribution is -0.142. The van der Waals surface area contributed by atoms with Gasteiger partial charge in [-0.15, -0.1) is 0 Å². The number of nitrogens with one attached hydrogen (secondary N) is 1. The number of para-hydroxylation sites is 2. The predicted molar refractivity (Wildman–Crippen MR) is 153 cm³/mol. The molecule has 0 heterocycles. The number of amides is 2. The summed E-state index contributed by atoms with van der Waals surface area (Å²) in [7, 11) is -3.63. The summed E-state index contributed by atoms with van der Waals surface area (Å²) in [5, 5.41) is 3.56. The Bertz CT molecular complexity index is 1180. The Kier molecular flexibility index (Phi) is 11.5. The number of halogens is 1. The Labute approximate surface area is 232 Å². The molecule has 1 N–H and O–H groups in total. The average Bonchev–Trinajstić information content (AvgIpc) is 2.82. The van der Waals surface area contributed by atoms with Crippen molar-refractivity contribution < 1.29 is 22.7 Å². The lowest BCUT2D eigenvalue weighted by Crippen LogP contribution is -2.53. The van der Waals surface area contributed by atoms with Crippen LogP contribution in [-0.4, -0.2) is 56.1 Å². The smallest absolute Gasteiger partial charge is 0.243 e. The van der Waals surface area contributed by atoms with Crippen LogP contribution in [0.4, 0.5) is 5.69 Å². The number of sulfonamides is 1. The highest BCUT2D eigenvalue weighted by Gasteiger charge is 2.31. The SMILES string of the molecule is CCOc1ccccc1N(CCCC(=O)N(Cc1ccc(Cl)cc1)[C@H](CC)C(=O)NC(C)(C)C)S(C)(=O)=O. The van der Waals surface area contributed by atoms with Crippen molar-refractivity contribution in [2.75, 3.05) is 23.7 Å². The fraction of sp³-hybridized carbons (Fsp3) is 0.500. The summed E-state index contributed by atoms with van der Waals surface area (Å²) in [6, 6.07) is 13.4. The summed E-state index contributed by atoms with van der Waals surface area (Å²) in [4.78, 5) is 28.3. The van der Waals surface area contributed by atoms with Gasteiger partial charge in [-0.25, -0.2) is 8.42 Å². The molecular weight excluding hydrogens is 526 g/mol. The number of ether oxygens (including phenoxy) is 1. The molecule has 0 saturated heterocycles. The second-order valence-electron chi connectivity index (χ2n) is 10.2. The Morgan fingerprint density at radius 1 is 1.05 bits per heavy atom. The van der Waals surface area contributed by atoms with Gasteiger partial charge in [0.05, 0.1) is 18.6 Å². The highest BCUT2D eigenvalue weighted by molar-refractivity contribution is 7.92. The number of hydrogen-bond donors (Lipinski definition) is 1. The van der Waals surface area contributed by atoms with E-state index in [4.69, 9.17) is 16.3 Å². The van der Waals surface area contributed by atoms with Crippen molar-refractivity contribution in [2.24, 2.45) is 0 Å². The molecule has 2 aromatic carbocycles. The van der Waals surface area contributed by atoms with E-state index in [0.29, 0.717) is 29.5 Å². The van der Waals surface area contributed by atoms with Gasteiger partial charge in [0, 0.05) is 30.1 Å². The lowest BCUT2D eigenvalue weighted by Gasteiger charge is -2.33. The summed E-state index contributed by atoms with van der Waals surface area (Å²) in [6.07, 6.45) is 1.89. The van der Waals surface area contributed by atoms with Crippen LogP contribution >= 0.6 is 11.6 Å². The van der Waals surface area contributed by atoms with Gasteiger partial charge in [0.25, 0.3) is 0 Å². The molecule has 1 atom stereocenters. The number of rotatable bonds is 13. The molecule has 0 aromatic heterocycles. The minimum absolute atomic E-state index is 0.0652. The van der Waals surface area contributed by atoms with E-state index in [1.165, 1.54) is 4.31 Å². The van der Waals surface area contributed by atoms with Gasteiger partial charge in [0.15, 0.2) is 0 Å². The fourth-order valence-corrected chi connectivity index (χ4v) is 5.18. The summed E-state index contributed by atoms with van der Waals surface area (Å²) in [5.41, 5.74) is 0.815. The molecule has 210 valence electrons. The van der Waals surface area contributed by atoms with E-state index in [1.54, 1.807) is 41.3 Å². The molecule has 8 nitrogen and oxygen atoms in total.